The van der Waals surface area contributed by atoms with Gasteiger partial charge in [-0.2, -0.15) is 0 Å². The number of carbonyl (C=O) groups is 1. The zero-order valence-electron chi connectivity index (χ0n) is 12.4. The van der Waals surface area contributed by atoms with Crippen LogP contribution in [0.2, 0.25) is 0 Å². The van der Waals surface area contributed by atoms with Gasteiger partial charge in [-0.05, 0) is 31.5 Å². The monoisotopic (exact) mass is 312 g/mol. The quantitative estimate of drug-likeness (QED) is 0.837. The zero-order valence-corrected chi connectivity index (χ0v) is 13.2. The summed E-state index contributed by atoms with van der Waals surface area (Å²) < 4.78 is 28.6. The lowest BCUT2D eigenvalue weighted by molar-refractivity contribution is -0.130. The van der Waals surface area contributed by atoms with Gasteiger partial charge < -0.3 is 15.4 Å². The van der Waals surface area contributed by atoms with Gasteiger partial charge in [-0.25, -0.2) is 8.42 Å². The Labute approximate surface area is 124 Å². The molecule has 116 valence electrons. The molecule has 1 aromatic carbocycles. The fraction of sp³-hybridized carbons (Fsp3) is 0.500. The number of hydrogen-bond donors (Lipinski definition) is 2. The largest absolute Gasteiger partial charge is 0.363 e. The van der Waals surface area contributed by atoms with Crippen LogP contribution in [0.3, 0.4) is 0 Å². The molecule has 0 aliphatic carbocycles. The van der Waals surface area contributed by atoms with Gasteiger partial charge in [0.1, 0.15) is 6.61 Å². The molecule has 0 aromatic heterocycles. The minimum Gasteiger partial charge on any atom is -0.363 e. The molecule has 0 bridgehead atoms. The Morgan fingerprint density at radius 1 is 1.43 bits per heavy atom. The average molecular weight is 312 g/mol. The second kappa shape index (κ2) is 5.75. The summed E-state index contributed by atoms with van der Waals surface area (Å²) in [7, 11) is -3.30. The molecule has 7 heteroatoms. The van der Waals surface area contributed by atoms with E-state index in [1.54, 1.807) is 13.0 Å². The molecule has 1 fully saturated rings. The van der Waals surface area contributed by atoms with Gasteiger partial charge in [-0.3, -0.25) is 4.79 Å². The number of hydrogen-bond acceptors (Lipinski definition) is 5. The first-order valence-corrected chi connectivity index (χ1v) is 8.54. The Morgan fingerprint density at radius 2 is 2.10 bits per heavy atom. The molecule has 21 heavy (non-hydrogen) atoms. The molecule has 0 radical (unpaired) electrons. The van der Waals surface area contributed by atoms with Crippen LogP contribution in [0.15, 0.2) is 23.1 Å². The van der Waals surface area contributed by atoms with Crippen molar-refractivity contribution in [2.45, 2.75) is 24.3 Å². The van der Waals surface area contributed by atoms with Crippen LogP contribution in [-0.2, 0) is 19.4 Å². The number of carbonyl (C=O) groups excluding carboxylic acids is 1. The van der Waals surface area contributed by atoms with Crippen LogP contribution in [-0.4, -0.2) is 45.9 Å². The van der Waals surface area contributed by atoms with Crippen LogP contribution >= 0.6 is 0 Å². The van der Waals surface area contributed by atoms with Gasteiger partial charge >= 0.3 is 0 Å². The van der Waals surface area contributed by atoms with Crippen molar-refractivity contribution < 1.29 is 17.9 Å². The van der Waals surface area contributed by atoms with Gasteiger partial charge in [0.15, 0.2) is 9.84 Å². The zero-order chi connectivity index (χ0) is 15.7. The molecule has 2 rings (SSSR count). The van der Waals surface area contributed by atoms with Crippen molar-refractivity contribution in [3.8, 4) is 0 Å². The molecular formula is C14H20N2O4S. The molecule has 0 spiro atoms. The van der Waals surface area contributed by atoms with E-state index in [1.165, 1.54) is 12.1 Å². The third kappa shape index (κ3) is 4.03. The maximum Gasteiger partial charge on any atom is 0.250 e. The Morgan fingerprint density at radius 3 is 2.62 bits per heavy atom. The van der Waals surface area contributed by atoms with E-state index in [1.807, 2.05) is 6.92 Å². The van der Waals surface area contributed by atoms with E-state index in [-0.39, 0.29) is 23.0 Å². The van der Waals surface area contributed by atoms with Crippen molar-refractivity contribution in [1.82, 2.24) is 5.32 Å². The van der Waals surface area contributed by atoms with Crippen LogP contribution in [0.5, 0.6) is 0 Å². The van der Waals surface area contributed by atoms with Crippen molar-refractivity contribution in [3.05, 3.63) is 23.8 Å². The van der Waals surface area contributed by atoms with Crippen LogP contribution in [0, 0.1) is 6.92 Å². The summed E-state index contributed by atoms with van der Waals surface area (Å²) in [6.45, 7) is 5.14. The molecule has 1 aliphatic rings. The molecule has 1 amide bonds. The van der Waals surface area contributed by atoms with Gasteiger partial charge in [0.25, 0.3) is 0 Å². The van der Waals surface area contributed by atoms with E-state index >= 15 is 0 Å². The first-order chi connectivity index (χ1) is 9.70. The number of amides is 1. The van der Waals surface area contributed by atoms with Crippen LogP contribution in [0.1, 0.15) is 12.5 Å². The van der Waals surface area contributed by atoms with Crippen molar-refractivity contribution in [3.63, 3.8) is 0 Å². The first kappa shape index (κ1) is 15.9. The van der Waals surface area contributed by atoms with E-state index in [0.29, 0.717) is 5.69 Å². The normalized spacial score (nSPS) is 17.1. The van der Waals surface area contributed by atoms with Crippen LogP contribution in [0.25, 0.3) is 0 Å². The van der Waals surface area contributed by atoms with E-state index in [0.717, 1.165) is 24.9 Å². The van der Waals surface area contributed by atoms with Crippen LogP contribution < -0.4 is 10.6 Å². The number of anilines is 1. The first-order valence-electron chi connectivity index (χ1n) is 6.65. The average Bonchev–Trinajstić information content (AvgIpc) is 2.35. The highest BCUT2D eigenvalue weighted by Gasteiger charge is 2.33. The number of sulfone groups is 1. The van der Waals surface area contributed by atoms with E-state index < -0.39 is 9.84 Å². The molecule has 1 saturated heterocycles. The minimum absolute atomic E-state index is 0.0548. The third-order valence-corrected chi connectivity index (χ3v) is 4.57. The minimum atomic E-state index is -3.30. The Balaban J connectivity index is 2.03. The second-order valence-electron chi connectivity index (χ2n) is 5.64. The summed E-state index contributed by atoms with van der Waals surface area (Å²) in [6, 6.07) is 4.66. The highest BCUT2D eigenvalue weighted by atomic mass is 32.2. The Kier molecular flexibility index (Phi) is 4.36. The molecule has 0 unspecified atom stereocenters. The van der Waals surface area contributed by atoms with Gasteiger partial charge in [0.05, 0.1) is 10.5 Å². The maximum absolute atomic E-state index is 11.9. The topological polar surface area (TPSA) is 84.5 Å². The number of benzene rings is 1. The second-order valence-corrected chi connectivity index (χ2v) is 7.65. The van der Waals surface area contributed by atoms with E-state index in [9.17, 15) is 13.2 Å². The Hall–Kier alpha value is -1.44. The number of ether oxygens (including phenoxy) is 1. The SMILES string of the molecule is Cc1ccc(S(C)(=O)=O)cc1NC(=O)COC1(C)CNC1. The highest BCUT2D eigenvalue weighted by Crippen LogP contribution is 2.20. The highest BCUT2D eigenvalue weighted by molar-refractivity contribution is 7.90. The summed E-state index contributed by atoms with van der Waals surface area (Å²) >= 11 is 0. The molecule has 1 aromatic rings. The maximum atomic E-state index is 11.9. The van der Waals surface area contributed by atoms with E-state index in [4.69, 9.17) is 4.74 Å². The summed E-state index contributed by atoms with van der Waals surface area (Å²) in [6.07, 6.45) is 1.14. The van der Waals surface area contributed by atoms with Gasteiger partial charge in [-0.1, -0.05) is 6.07 Å². The fourth-order valence-electron chi connectivity index (χ4n) is 1.97. The standard InChI is InChI=1S/C14H20N2O4S/c1-10-4-5-11(21(3,18)19)6-12(10)16-13(17)7-20-14(2)8-15-9-14/h4-6,15H,7-9H2,1-3H3,(H,16,17). The smallest absolute Gasteiger partial charge is 0.250 e. The van der Waals surface area contributed by atoms with Gasteiger partial charge in [0, 0.05) is 25.0 Å². The number of aryl methyl sites for hydroxylation is 1. The summed E-state index contributed by atoms with van der Waals surface area (Å²) in [5, 5.41) is 5.78. The fourth-order valence-corrected chi connectivity index (χ4v) is 2.62. The van der Waals surface area contributed by atoms with Crippen molar-refractivity contribution in [2.24, 2.45) is 0 Å². The lowest BCUT2D eigenvalue weighted by Gasteiger charge is -2.38. The van der Waals surface area contributed by atoms with Crippen molar-refractivity contribution >= 4 is 21.4 Å². The molecule has 1 heterocycles. The molecule has 6 nitrogen and oxygen atoms in total. The van der Waals surface area contributed by atoms with E-state index in [2.05, 4.69) is 10.6 Å². The summed E-state index contributed by atoms with van der Waals surface area (Å²) in [4.78, 5) is 12.1. The number of rotatable bonds is 5. The summed E-state index contributed by atoms with van der Waals surface area (Å²) in [5.41, 5.74) is 0.997. The molecular weight excluding hydrogens is 292 g/mol. The Bertz CT molecular complexity index is 651. The molecule has 1 aliphatic heterocycles. The lowest BCUT2D eigenvalue weighted by atomic mass is 10.0. The lowest BCUT2D eigenvalue weighted by Crippen LogP contribution is -2.59. The van der Waals surface area contributed by atoms with Gasteiger partial charge in [-0.15, -0.1) is 0 Å². The van der Waals surface area contributed by atoms with Crippen molar-refractivity contribution in [1.29, 1.82) is 0 Å². The predicted octanol–water partition coefficient (Wildman–Crippen LogP) is 0.716. The number of nitrogens with one attached hydrogen (secondary N) is 2. The third-order valence-electron chi connectivity index (χ3n) is 3.46. The van der Waals surface area contributed by atoms with Crippen molar-refractivity contribution in [2.75, 3.05) is 31.3 Å². The molecule has 0 saturated carbocycles. The van der Waals surface area contributed by atoms with Crippen LogP contribution in [0.4, 0.5) is 5.69 Å². The molecule has 0 atom stereocenters. The van der Waals surface area contributed by atoms with Gasteiger partial charge in [0.2, 0.25) is 5.91 Å². The summed E-state index contributed by atoms with van der Waals surface area (Å²) in [5.74, 6) is -0.295. The molecule has 2 N–H and O–H groups in total. The predicted molar refractivity (Wildman–Crippen MR) is 80.1 cm³/mol.